The molecular weight excluding hydrogens is 182 g/mol. The van der Waals surface area contributed by atoms with Gasteiger partial charge in [-0.3, -0.25) is 4.84 Å². The van der Waals surface area contributed by atoms with Crippen molar-refractivity contribution in [3.8, 4) is 0 Å². The van der Waals surface area contributed by atoms with Gasteiger partial charge >= 0.3 is 6.09 Å². The molecule has 1 saturated carbocycles. The molecule has 2 unspecified atom stereocenters. The van der Waals surface area contributed by atoms with Crippen molar-refractivity contribution in [2.45, 2.75) is 39.7 Å². The Morgan fingerprint density at radius 3 is 2.50 bits per heavy atom. The highest BCUT2D eigenvalue weighted by atomic mass is 16.7. The molecule has 1 aliphatic carbocycles. The van der Waals surface area contributed by atoms with Crippen molar-refractivity contribution in [1.29, 1.82) is 0 Å². The first-order chi connectivity index (χ1) is 6.38. The summed E-state index contributed by atoms with van der Waals surface area (Å²) < 4.78 is 4.99. The molecule has 14 heavy (non-hydrogen) atoms. The topological polar surface area (TPSA) is 47.6 Å². The van der Waals surface area contributed by atoms with Crippen LogP contribution in [0.25, 0.3) is 0 Å². The molecule has 82 valence electrons. The highest BCUT2D eigenvalue weighted by molar-refractivity contribution is 5.66. The summed E-state index contributed by atoms with van der Waals surface area (Å²) in [5.74, 6) is 1.33. The van der Waals surface area contributed by atoms with Crippen molar-refractivity contribution in [3.05, 3.63) is 0 Å². The van der Waals surface area contributed by atoms with Crippen LogP contribution in [0.2, 0.25) is 0 Å². The van der Waals surface area contributed by atoms with Crippen LogP contribution in [0, 0.1) is 11.8 Å². The molecule has 1 N–H and O–H groups in total. The van der Waals surface area contributed by atoms with Gasteiger partial charge in [0.1, 0.15) is 5.60 Å². The van der Waals surface area contributed by atoms with E-state index in [2.05, 4.69) is 12.4 Å². The van der Waals surface area contributed by atoms with Gasteiger partial charge in [-0.1, -0.05) is 6.92 Å². The van der Waals surface area contributed by atoms with Crippen LogP contribution in [0.4, 0.5) is 4.79 Å². The molecule has 0 aromatic heterocycles. The molecule has 2 atom stereocenters. The number of hydrogen-bond acceptors (Lipinski definition) is 3. The van der Waals surface area contributed by atoms with Crippen molar-refractivity contribution >= 4 is 6.09 Å². The van der Waals surface area contributed by atoms with Crippen LogP contribution < -0.4 is 5.48 Å². The van der Waals surface area contributed by atoms with Crippen LogP contribution in [0.1, 0.15) is 34.1 Å². The molecule has 1 rings (SSSR count). The van der Waals surface area contributed by atoms with Gasteiger partial charge in [0, 0.05) is 0 Å². The van der Waals surface area contributed by atoms with E-state index in [0.717, 1.165) is 5.92 Å². The fraction of sp³-hybridized carbons (Fsp3) is 0.900. The minimum Gasteiger partial charge on any atom is -0.442 e. The van der Waals surface area contributed by atoms with E-state index in [1.165, 1.54) is 6.42 Å². The molecule has 4 nitrogen and oxygen atoms in total. The van der Waals surface area contributed by atoms with Crippen molar-refractivity contribution < 1.29 is 14.4 Å². The maximum Gasteiger partial charge on any atom is 0.431 e. The molecule has 0 bridgehead atoms. The minimum atomic E-state index is -0.522. The quantitative estimate of drug-likeness (QED) is 0.711. The Kier molecular flexibility index (Phi) is 3.37. The van der Waals surface area contributed by atoms with E-state index in [0.29, 0.717) is 12.5 Å². The van der Waals surface area contributed by atoms with E-state index in [1.807, 2.05) is 20.8 Å². The Bertz CT molecular complexity index is 210. The summed E-state index contributed by atoms with van der Waals surface area (Å²) in [4.78, 5) is 16.1. The van der Waals surface area contributed by atoms with Crippen molar-refractivity contribution in [3.63, 3.8) is 0 Å². The first-order valence-electron chi connectivity index (χ1n) is 4.99. The lowest BCUT2D eigenvalue weighted by Crippen LogP contribution is -2.33. The summed E-state index contributed by atoms with van der Waals surface area (Å²) in [7, 11) is 0. The molecule has 1 fully saturated rings. The van der Waals surface area contributed by atoms with Gasteiger partial charge in [-0.2, -0.15) is 5.48 Å². The Balaban J connectivity index is 2.03. The minimum absolute atomic E-state index is 0.472. The highest BCUT2D eigenvalue weighted by Crippen LogP contribution is 2.37. The molecule has 0 heterocycles. The molecule has 0 aromatic carbocycles. The van der Waals surface area contributed by atoms with Gasteiger partial charge in [0.2, 0.25) is 0 Å². The standard InChI is InChI=1S/C10H19NO3/c1-7-5-8(7)6-13-11-9(12)14-10(2,3)4/h7-8H,5-6H2,1-4H3,(H,11,12). The molecular formula is C10H19NO3. The second-order valence-electron chi connectivity index (χ2n) is 4.89. The second kappa shape index (κ2) is 4.17. The predicted molar refractivity (Wildman–Crippen MR) is 52.6 cm³/mol. The zero-order chi connectivity index (χ0) is 10.8. The summed E-state index contributed by atoms with van der Waals surface area (Å²) in [6.45, 7) is 8.20. The van der Waals surface area contributed by atoms with E-state index in [9.17, 15) is 4.79 Å². The van der Waals surface area contributed by atoms with E-state index in [-0.39, 0.29) is 0 Å². The second-order valence-corrected chi connectivity index (χ2v) is 4.89. The molecule has 1 amide bonds. The maximum absolute atomic E-state index is 11.1. The number of nitrogens with one attached hydrogen (secondary N) is 1. The molecule has 0 aromatic rings. The Hall–Kier alpha value is -0.770. The molecule has 0 spiro atoms. The fourth-order valence-corrected chi connectivity index (χ4v) is 1.14. The summed E-state index contributed by atoms with van der Waals surface area (Å²) >= 11 is 0. The van der Waals surface area contributed by atoms with Crippen LogP contribution in [0.3, 0.4) is 0 Å². The number of carbonyl (C=O) groups is 1. The van der Waals surface area contributed by atoms with Crippen molar-refractivity contribution in [2.24, 2.45) is 11.8 Å². The van der Waals surface area contributed by atoms with Crippen LogP contribution in [-0.2, 0) is 9.57 Å². The predicted octanol–water partition coefficient (Wildman–Crippen LogP) is 2.10. The van der Waals surface area contributed by atoms with Crippen LogP contribution in [0.5, 0.6) is 0 Å². The van der Waals surface area contributed by atoms with E-state index in [4.69, 9.17) is 9.57 Å². The maximum atomic E-state index is 11.1. The summed E-state index contributed by atoms with van der Waals surface area (Å²) in [5, 5.41) is 0. The van der Waals surface area contributed by atoms with Gasteiger partial charge in [0.25, 0.3) is 0 Å². The smallest absolute Gasteiger partial charge is 0.431 e. The number of amides is 1. The summed E-state index contributed by atoms with van der Waals surface area (Å²) in [6, 6.07) is 0. The summed E-state index contributed by atoms with van der Waals surface area (Å²) in [5.41, 5.74) is 1.80. The van der Waals surface area contributed by atoms with Crippen LogP contribution in [0.15, 0.2) is 0 Å². The molecule has 0 radical (unpaired) electrons. The van der Waals surface area contributed by atoms with Gasteiger partial charge in [-0.15, -0.1) is 0 Å². The Morgan fingerprint density at radius 1 is 1.50 bits per heavy atom. The number of hydroxylamine groups is 1. The lowest BCUT2D eigenvalue weighted by molar-refractivity contribution is -0.0113. The van der Waals surface area contributed by atoms with Crippen LogP contribution >= 0.6 is 0 Å². The van der Waals surface area contributed by atoms with Gasteiger partial charge in [0.05, 0.1) is 6.61 Å². The Labute approximate surface area is 84.9 Å². The number of carbonyl (C=O) groups excluding carboxylic acids is 1. The third-order valence-electron chi connectivity index (χ3n) is 2.13. The van der Waals surface area contributed by atoms with Crippen molar-refractivity contribution in [1.82, 2.24) is 5.48 Å². The van der Waals surface area contributed by atoms with Gasteiger partial charge in [-0.05, 0) is 39.0 Å². The van der Waals surface area contributed by atoms with Crippen molar-refractivity contribution in [2.75, 3.05) is 6.61 Å². The zero-order valence-corrected chi connectivity index (χ0v) is 9.29. The first kappa shape index (κ1) is 11.3. The van der Waals surface area contributed by atoms with E-state index >= 15 is 0 Å². The Morgan fingerprint density at radius 2 is 2.07 bits per heavy atom. The van der Waals surface area contributed by atoms with Gasteiger partial charge in [-0.25, -0.2) is 4.79 Å². The summed E-state index contributed by atoms with van der Waals surface area (Å²) in [6.07, 6.45) is 0.668. The lowest BCUT2D eigenvalue weighted by Gasteiger charge is -2.19. The first-order valence-corrected chi connectivity index (χ1v) is 4.99. The molecule has 1 aliphatic rings. The number of rotatable bonds is 3. The average Bonchev–Trinajstić information content (AvgIpc) is 2.62. The molecule has 0 saturated heterocycles. The monoisotopic (exact) mass is 201 g/mol. The lowest BCUT2D eigenvalue weighted by atomic mass is 10.2. The third-order valence-corrected chi connectivity index (χ3v) is 2.13. The highest BCUT2D eigenvalue weighted by Gasteiger charge is 2.32. The largest absolute Gasteiger partial charge is 0.442 e. The van der Waals surface area contributed by atoms with E-state index in [1.54, 1.807) is 0 Å². The van der Waals surface area contributed by atoms with E-state index < -0.39 is 11.7 Å². The molecule has 0 aliphatic heterocycles. The normalized spacial score (nSPS) is 25.7. The third kappa shape index (κ3) is 4.46. The van der Waals surface area contributed by atoms with Gasteiger partial charge < -0.3 is 4.74 Å². The average molecular weight is 201 g/mol. The SMILES string of the molecule is CC1CC1CONC(=O)OC(C)(C)C. The van der Waals surface area contributed by atoms with Gasteiger partial charge in [0.15, 0.2) is 0 Å². The fourth-order valence-electron chi connectivity index (χ4n) is 1.14. The molecule has 4 heteroatoms. The zero-order valence-electron chi connectivity index (χ0n) is 9.29. The number of hydrogen-bond donors (Lipinski definition) is 1. The number of ether oxygens (including phenoxy) is 1. The van der Waals surface area contributed by atoms with Crippen LogP contribution in [-0.4, -0.2) is 18.3 Å².